The maximum Gasteiger partial charge on any atom is 0.144 e. The van der Waals surface area contributed by atoms with E-state index in [-0.39, 0.29) is 0 Å². The average molecular weight is 285 g/mol. The van der Waals surface area contributed by atoms with Crippen LogP contribution in [0.5, 0.6) is 0 Å². The molecule has 1 aromatic rings. The molecule has 0 heterocycles. The smallest absolute Gasteiger partial charge is 0.144 e. The number of nitriles is 1. The van der Waals surface area contributed by atoms with Crippen LogP contribution >= 0.6 is 0 Å². The molecule has 114 valence electrons. The fourth-order valence-corrected chi connectivity index (χ4v) is 2.75. The van der Waals surface area contributed by atoms with Gasteiger partial charge in [-0.3, -0.25) is 10.2 Å². The summed E-state index contributed by atoms with van der Waals surface area (Å²) in [5, 5.41) is 13.1. The second-order valence-electron chi connectivity index (χ2n) is 6.52. The minimum absolute atomic E-state index is 0.610. The van der Waals surface area contributed by atoms with Gasteiger partial charge in [0.2, 0.25) is 0 Å². The molecule has 1 aromatic carbocycles. The first-order valence-electron chi connectivity index (χ1n) is 8.01. The standard InChI is InChI=1S/C18H27N3/c1-15(2)11-12-21(17-9-10-17)14-18(13-19,20-3)16-7-5-4-6-8-16/h4-8,15,17,20H,9-12,14H2,1-3H3. The Balaban J connectivity index is 2.16. The third-order valence-electron chi connectivity index (χ3n) is 4.38. The number of nitrogens with one attached hydrogen (secondary N) is 1. The van der Waals surface area contributed by atoms with Gasteiger partial charge in [0.05, 0.1) is 6.07 Å². The van der Waals surface area contributed by atoms with Crippen molar-refractivity contribution in [2.24, 2.45) is 5.92 Å². The van der Waals surface area contributed by atoms with E-state index in [1.807, 2.05) is 37.4 Å². The minimum atomic E-state index is -0.610. The lowest BCUT2D eigenvalue weighted by Crippen LogP contribution is -2.49. The molecule has 0 saturated heterocycles. The molecule has 0 spiro atoms. The van der Waals surface area contributed by atoms with Crippen molar-refractivity contribution in [3.8, 4) is 6.07 Å². The van der Waals surface area contributed by atoms with Gasteiger partial charge in [-0.05, 0) is 44.3 Å². The van der Waals surface area contributed by atoms with Crippen LogP contribution in [-0.4, -0.2) is 31.1 Å². The lowest BCUT2D eigenvalue weighted by molar-refractivity contribution is 0.198. The van der Waals surface area contributed by atoms with E-state index in [4.69, 9.17) is 0 Å². The summed E-state index contributed by atoms with van der Waals surface area (Å²) in [6.07, 6.45) is 3.74. The third kappa shape index (κ3) is 4.06. The van der Waals surface area contributed by atoms with Crippen molar-refractivity contribution >= 4 is 0 Å². The molecule has 1 atom stereocenters. The van der Waals surface area contributed by atoms with Crippen LogP contribution in [0.15, 0.2) is 30.3 Å². The molecule has 0 bridgehead atoms. The summed E-state index contributed by atoms with van der Waals surface area (Å²) >= 11 is 0. The molecule has 1 unspecified atom stereocenters. The Labute approximate surface area is 129 Å². The fourth-order valence-electron chi connectivity index (χ4n) is 2.75. The molecule has 3 nitrogen and oxygen atoms in total. The van der Waals surface area contributed by atoms with Gasteiger partial charge in [0.15, 0.2) is 0 Å². The van der Waals surface area contributed by atoms with E-state index in [9.17, 15) is 5.26 Å². The summed E-state index contributed by atoms with van der Waals surface area (Å²) in [6, 6.07) is 13.3. The lowest BCUT2D eigenvalue weighted by atomic mass is 9.90. The summed E-state index contributed by atoms with van der Waals surface area (Å²) in [6.45, 7) is 6.37. The highest BCUT2D eigenvalue weighted by atomic mass is 15.2. The van der Waals surface area contributed by atoms with Crippen molar-refractivity contribution in [3.05, 3.63) is 35.9 Å². The number of benzene rings is 1. The summed E-state index contributed by atoms with van der Waals surface area (Å²) in [5.74, 6) is 0.703. The highest BCUT2D eigenvalue weighted by Crippen LogP contribution is 2.31. The first-order valence-corrected chi connectivity index (χ1v) is 8.01. The van der Waals surface area contributed by atoms with E-state index in [0.717, 1.165) is 18.7 Å². The zero-order valence-corrected chi connectivity index (χ0v) is 13.5. The van der Waals surface area contributed by atoms with E-state index in [1.165, 1.54) is 19.3 Å². The minimum Gasteiger partial charge on any atom is -0.298 e. The van der Waals surface area contributed by atoms with Crippen molar-refractivity contribution in [2.75, 3.05) is 20.1 Å². The normalized spacial score (nSPS) is 17.7. The Kier molecular flexibility index (Phi) is 5.39. The van der Waals surface area contributed by atoms with Gasteiger partial charge in [-0.2, -0.15) is 5.26 Å². The van der Waals surface area contributed by atoms with E-state index in [0.29, 0.717) is 12.0 Å². The fraction of sp³-hybridized carbons (Fsp3) is 0.611. The molecule has 1 fully saturated rings. The number of hydrogen-bond donors (Lipinski definition) is 1. The third-order valence-corrected chi connectivity index (χ3v) is 4.38. The molecule has 1 aliphatic carbocycles. The summed E-state index contributed by atoms with van der Waals surface area (Å²) in [4.78, 5) is 2.51. The van der Waals surface area contributed by atoms with Gasteiger partial charge in [0.1, 0.15) is 5.54 Å². The van der Waals surface area contributed by atoms with Gasteiger partial charge in [-0.1, -0.05) is 44.2 Å². The van der Waals surface area contributed by atoms with Gasteiger partial charge < -0.3 is 0 Å². The van der Waals surface area contributed by atoms with Crippen molar-refractivity contribution in [3.63, 3.8) is 0 Å². The number of likely N-dealkylation sites (N-methyl/N-ethyl adjacent to an activating group) is 1. The van der Waals surface area contributed by atoms with Crippen LogP contribution in [0.2, 0.25) is 0 Å². The molecule has 21 heavy (non-hydrogen) atoms. The Morgan fingerprint density at radius 1 is 1.33 bits per heavy atom. The topological polar surface area (TPSA) is 39.1 Å². The number of rotatable bonds is 8. The van der Waals surface area contributed by atoms with Crippen molar-refractivity contribution in [1.82, 2.24) is 10.2 Å². The maximum atomic E-state index is 9.82. The molecule has 1 saturated carbocycles. The largest absolute Gasteiger partial charge is 0.298 e. The predicted octanol–water partition coefficient (Wildman–Crippen LogP) is 3.14. The van der Waals surface area contributed by atoms with E-state index < -0.39 is 5.54 Å². The maximum absolute atomic E-state index is 9.82. The first kappa shape index (κ1) is 16.0. The molecular formula is C18H27N3. The molecule has 0 aliphatic heterocycles. The van der Waals surface area contributed by atoms with Gasteiger partial charge >= 0.3 is 0 Å². The van der Waals surface area contributed by atoms with Crippen molar-refractivity contribution in [1.29, 1.82) is 5.26 Å². The monoisotopic (exact) mass is 285 g/mol. The predicted molar refractivity (Wildman–Crippen MR) is 86.8 cm³/mol. The molecule has 0 radical (unpaired) electrons. The van der Waals surface area contributed by atoms with Crippen LogP contribution in [-0.2, 0) is 5.54 Å². The molecule has 2 rings (SSSR count). The second-order valence-corrected chi connectivity index (χ2v) is 6.52. The van der Waals surface area contributed by atoms with E-state index in [2.05, 4.69) is 30.1 Å². The zero-order chi connectivity index (χ0) is 15.3. The van der Waals surface area contributed by atoms with Crippen LogP contribution in [0.25, 0.3) is 0 Å². The number of hydrogen-bond acceptors (Lipinski definition) is 3. The SMILES string of the molecule is CNC(C#N)(CN(CCC(C)C)C1CC1)c1ccccc1. The Morgan fingerprint density at radius 3 is 2.48 bits per heavy atom. The van der Waals surface area contributed by atoms with Crippen LogP contribution < -0.4 is 5.32 Å². The Morgan fingerprint density at radius 2 is 2.00 bits per heavy atom. The molecular weight excluding hydrogens is 258 g/mol. The van der Waals surface area contributed by atoms with Gasteiger partial charge in [0.25, 0.3) is 0 Å². The quantitative estimate of drug-likeness (QED) is 0.797. The highest BCUT2D eigenvalue weighted by Gasteiger charge is 2.38. The van der Waals surface area contributed by atoms with Crippen LogP contribution in [0.4, 0.5) is 0 Å². The van der Waals surface area contributed by atoms with Crippen LogP contribution in [0.1, 0.15) is 38.7 Å². The van der Waals surface area contributed by atoms with Crippen LogP contribution in [0.3, 0.4) is 0 Å². The van der Waals surface area contributed by atoms with Crippen molar-refractivity contribution in [2.45, 2.75) is 44.7 Å². The lowest BCUT2D eigenvalue weighted by Gasteiger charge is -2.34. The average Bonchev–Trinajstić information content (AvgIpc) is 3.34. The first-order chi connectivity index (χ1) is 10.1. The molecule has 0 amide bonds. The zero-order valence-electron chi connectivity index (χ0n) is 13.5. The summed E-state index contributed by atoms with van der Waals surface area (Å²) in [7, 11) is 1.89. The summed E-state index contributed by atoms with van der Waals surface area (Å²) in [5.41, 5.74) is 0.450. The molecule has 1 aliphatic rings. The van der Waals surface area contributed by atoms with Gasteiger partial charge in [-0.25, -0.2) is 0 Å². The van der Waals surface area contributed by atoms with Crippen LogP contribution in [0, 0.1) is 17.2 Å². The summed E-state index contributed by atoms with van der Waals surface area (Å²) < 4.78 is 0. The van der Waals surface area contributed by atoms with Gasteiger partial charge in [-0.15, -0.1) is 0 Å². The Bertz CT molecular complexity index is 473. The van der Waals surface area contributed by atoms with Crippen molar-refractivity contribution < 1.29 is 0 Å². The highest BCUT2D eigenvalue weighted by molar-refractivity contribution is 5.32. The van der Waals surface area contributed by atoms with E-state index >= 15 is 0 Å². The molecule has 3 heteroatoms. The molecule has 1 N–H and O–H groups in total. The number of nitrogens with zero attached hydrogens (tertiary/aromatic N) is 2. The van der Waals surface area contributed by atoms with E-state index in [1.54, 1.807) is 0 Å². The second kappa shape index (κ2) is 7.06. The molecule has 0 aromatic heterocycles. The Hall–Kier alpha value is -1.37. The van der Waals surface area contributed by atoms with Gasteiger partial charge in [0, 0.05) is 12.6 Å².